The van der Waals surface area contributed by atoms with E-state index in [4.69, 9.17) is 38.9 Å². The Balaban J connectivity index is 2.20. The van der Waals surface area contributed by atoms with Crippen LogP contribution in [0.25, 0.3) is 0 Å². The van der Waals surface area contributed by atoms with Crippen LogP contribution in [0.5, 0.6) is 5.75 Å². The number of nitrogen functional groups attached to an aromatic ring is 1. The molecule has 0 aliphatic rings. The smallest absolute Gasteiger partial charge is 0.157 e. The van der Waals surface area contributed by atoms with E-state index in [-0.39, 0.29) is 22.2 Å². The van der Waals surface area contributed by atoms with Gasteiger partial charge in [0.25, 0.3) is 0 Å². The average molecular weight is 311 g/mol. The highest BCUT2D eigenvalue weighted by Gasteiger charge is 2.10. The fourth-order valence-electron chi connectivity index (χ4n) is 1.62. The monoisotopic (exact) mass is 310 g/mol. The van der Waals surface area contributed by atoms with Crippen molar-refractivity contribution in [3.8, 4) is 11.8 Å². The summed E-state index contributed by atoms with van der Waals surface area (Å²) in [6, 6.07) is 8.95. The second kappa shape index (κ2) is 6.00. The predicted molar refractivity (Wildman–Crippen MR) is 76.3 cm³/mol. The Labute approximate surface area is 125 Å². The van der Waals surface area contributed by atoms with E-state index >= 15 is 0 Å². The third-order valence-corrected chi connectivity index (χ3v) is 3.12. The Bertz CT molecular complexity index is 675. The molecule has 0 fully saturated rings. The van der Waals surface area contributed by atoms with Crippen molar-refractivity contribution in [3.63, 3.8) is 0 Å². The number of nitrogens with zero attached hydrogens (tertiary/aromatic N) is 1. The number of ether oxygens (including phenoxy) is 1. The summed E-state index contributed by atoms with van der Waals surface area (Å²) in [4.78, 5) is 0. The summed E-state index contributed by atoms with van der Waals surface area (Å²) in [6.07, 6.45) is 0. The van der Waals surface area contributed by atoms with E-state index in [2.05, 4.69) is 0 Å². The molecular formula is C14H9Cl2FN2O. The van der Waals surface area contributed by atoms with E-state index in [1.54, 1.807) is 6.07 Å². The molecule has 2 aromatic carbocycles. The van der Waals surface area contributed by atoms with Gasteiger partial charge in [-0.1, -0.05) is 29.3 Å². The molecule has 3 nitrogen and oxygen atoms in total. The van der Waals surface area contributed by atoms with Gasteiger partial charge in [0.15, 0.2) is 5.75 Å². The van der Waals surface area contributed by atoms with Crippen LogP contribution >= 0.6 is 23.2 Å². The van der Waals surface area contributed by atoms with Crippen molar-refractivity contribution in [1.29, 1.82) is 5.26 Å². The highest BCUT2D eigenvalue weighted by atomic mass is 35.5. The van der Waals surface area contributed by atoms with Crippen molar-refractivity contribution in [3.05, 3.63) is 57.3 Å². The number of rotatable bonds is 3. The van der Waals surface area contributed by atoms with Gasteiger partial charge < -0.3 is 10.5 Å². The predicted octanol–water partition coefficient (Wildman–Crippen LogP) is 4.17. The molecule has 0 radical (unpaired) electrons. The number of hydrogen-bond acceptors (Lipinski definition) is 3. The lowest BCUT2D eigenvalue weighted by atomic mass is 10.1. The Morgan fingerprint density at radius 2 is 1.85 bits per heavy atom. The zero-order chi connectivity index (χ0) is 14.7. The van der Waals surface area contributed by atoms with Crippen LogP contribution in [0.1, 0.15) is 11.1 Å². The summed E-state index contributed by atoms with van der Waals surface area (Å²) in [6.45, 7) is 0.109. The third-order valence-electron chi connectivity index (χ3n) is 2.56. The van der Waals surface area contributed by atoms with Gasteiger partial charge in [-0.05, 0) is 29.8 Å². The van der Waals surface area contributed by atoms with Crippen LogP contribution in [0.3, 0.4) is 0 Å². The Morgan fingerprint density at radius 1 is 1.20 bits per heavy atom. The molecule has 0 saturated heterocycles. The van der Waals surface area contributed by atoms with Gasteiger partial charge in [0.2, 0.25) is 0 Å². The largest absolute Gasteiger partial charge is 0.486 e. The lowest BCUT2D eigenvalue weighted by molar-refractivity contribution is 0.306. The molecular weight excluding hydrogens is 302 g/mol. The lowest BCUT2D eigenvalue weighted by Gasteiger charge is -2.11. The number of benzene rings is 2. The molecule has 0 spiro atoms. The summed E-state index contributed by atoms with van der Waals surface area (Å²) >= 11 is 12.0. The van der Waals surface area contributed by atoms with Gasteiger partial charge in [-0.2, -0.15) is 5.26 Å². The topological polar surface area (TPSA) is 59.0 Å². The van der Waals surface area contributed by atoms with E-state index in [1.165, 1.54) is 30.3 Å². The third kappa shape index (κ3) is 3.13. The number of anilines is 1. The maximum Gasteiger partial charge on any atom is 0.157 e. The molecule has 102 valence electrons. The first-order valence-corrected chi connectivity index (χ1v) is 6.32. The van der Waals surface area contributed by atoms with Crippen molar-refractivity contribution < 1.29 is 9.13 Å². The molecule has 0 atom stereocenters. The van der Waals surface area contributed by atoms with Crippen molar-refractivity contribution in [2.75, 3.05) is 5.73 Å². The Hall–Kier alpha value is -1.96. The Kier molecular flexibility index (Phi) is 4.33. The zero-order valence-electron chi connectivity index (χ0n) is 10.2. The molecule has 2 rings (SSSR count). The van der Waals surface area contributed by atoms with Gasteiger partial charge in [-0.15, -0.1) is 0 Å². The maximum atomic E-state index is 13.2. The van der Waals surface area contributed by atoms with Gasteiger partial charge >= 0.3 is 0 Å². The van der Waals surface area contributed by atoms with Crippen molar-refractivity contribution in [1.82, 2.24) is 0 Å². The van der Waals surface area contributed by atoms with Crippen LogP contribution in [0.15, 0.2) is 30.3 Å². The first-order valence-electron chi connectivity index (χ1n) is 5.57. The van der Waals surface area contributed by atoms with Crippen molar-refractivity contribution >= 4 is 28.9 Å². The van der Waals surface area contributed by atoms with E-state index in [0.717, 1.165) is 0 Å². The van der Waals surface area contributed by atoms with Gasteiger partial charge in [-0.25, -0.2) is 4.39 Å². The van der Waals surface area contributed by atoms with E-state index < -0.39 is 5.82 Å². The van der Waals surface area contributed by atoms with Gasteiger partial charge in [0.05, 0.1) is 15.6 Å². The number of halogens is 3. The maximum absolute atomic E-state index is 13.2. The second-order valence-corrected chi connectivity index (χ2v) is 4.84. The van der Waals surface area contributed by atoms with Gasteiger partial charge in [-0.3, -0.25) is 0 Å². The number of nitrogens with two attached hydrogens (primary N) is 1. The minimum Gasteiger partial charge on any atom is -0.486 e. The molecule has 0 aromatic heterocycles. The van der Waals surface area contributed by atoms with E-state index in [1.807, 2.05) is 0 Å². The van der Waals surface area contributed by atoms with Crippen LogP contribution in [0, 0.1) is 17.1 Å². The zero-order valence-corrected chi connectivity index (χ0v) is 11.7. The normalized spacial score (nSPS) is 10.1. The lowest BCUT2D eigenvalue weighted by Crippen LogP contribution is -1.99. The fraction of sp³-hybridized carbons (Fsp3) is 0.0714. The average Bonchev–Trinajstić information content (AvgIpc) is 2.39. The standard InChI is InChI=1S/C14H9Cl2FN2O/c15-11-4-10(19)5-12(16)14(11)20-7-8-1-2-13(17)9(3-8)6-18/h1-5H,7,19H2. The van der Waals surface area contributed by atoms with E-state index in [9.17, 15) is 4.39 Å². The summed E-state index contributed by atoms with van der Waals surface area (Å²) in [5, 5.41) is 9.34. The SMILES string of the molecule is N#Cc1cc(COc2c(Cl)cc(N)cc2Cl)ccc1F. The quantitative estimate of drug-likeness (QED) is 0.866. The van der Waals surface area contributed by atoms with Crippen molar-refractivity contribution in [2.24, 2.45) is 0 Å². The molecule has 0 heterocycles. The van der Waals surface area contributed by atoms with Crippen LogP contribution in [0.4, 0.5) is 10.1 Å². The number of hydrogen-bond donors (Lipinski definition) is 1. The second-order valence-electron chi connectivity index (χ2n) is 4.03. The molecule has 2 N–H and O–H groups in total. The molecule has 6 heteroatoms. The highest BCUT2D eigenvalue weighted by Crippen LogP contribution is 2.35. The molecule has 0 bridgehead atoms. The van der Waals surface area contributed by atoms with Crippen LogP contribution in [-0.2, 0) is 6.61 Å². The molecule has 0 unspecified atom stereocenters. The minimum absolute atomic E-state index is 0.0411. The Morgan fingerprint density at radius 3 is 2.45 bits per heavy atom. The molecule has 20 heavy (non-hydrogen) atoms. The summed E-state index contributed by atoms with van der Waals surface area (Å²) < 4.78 is 18.7. The van der Waals surface area contributed by atoms with Crippen LogP contribution in [0.2, 0.25) is 10.0 Å². The summed E-state index contributed by atoms with van der Waals surface area (Å²) in [7, 11) is 0. The van der Waals surface area contributed by atoms with Gasteiger partial charge in [0, 0.05) is 5.69 Å². The highest BCUT2D eigenvalue weighted by molar-refractivity contribution is 6.37. The molecule has 0 aliphatic carbocycles. The number of nitriles is 1. The molecule has 2 aromatic rings. The summed E-state index contributed by atoms with van der Waals surface area (Å²) in [5.74, 6) is -0.273. The first-order chi connectivity index (χ1) is 9.51. The minimum atomic E-state index is -0.570. The molecule has 0 amide bonds. The van der Waals surface area contributed by atoms with Crippen LogP contribution < -0.4 is 10.5 Å². The van der Waals surface area contributed by atoms with Crippen molar-refractivity contribution in [2.45, 2.75) is 6.61 Å². The molecule has 0 aliphatic heterocycles. The summed E-state index contributed by atoms with van der Waals surface area (Å²) in [5.41, 5.74) is 6.61. The molecule has 0 saturated carbocycles. The van der Waals surface area contributed by atoms with E-state index in [0.29, 0.717) is 17.0 Å². The first kappa shape index (κ1) is 14.4. The van der Waals surface area contributed by atoms with Gasteiger partial charge in [0.1, 0.15) is 18.5 Å². The van der Waals surface area contributed by atoms with Crippen LogP contribution in [-0.4, -0.2) is 0 Å². The fourth-order valence-corrected chi connectivity index (χ4v) is 2.23.